The van der Waals surface area contributed by atoms with Gasteiger partial charge in [0, 0.05) is 7.05 Å². The Kier molecular flexibility index (Phi) is 6.55. The summed E-state index contributed by atoms with van der Waals surface area (Å²) >= 11 is 0. The van der Waals surface area contributed by atoms with Gasteiger partial charge in [0.2, 0.25) is 10.0 Å². The summed E-state index contributed by atoms with van der Waals surface area (Å²) in [5.74, 6) is 1.13. The highest BCUT2D eigenvalue weighted by Crippen LogP contribution is 2.32. The first-order valence-corrected chi connectivity index (χ1v) is 11.7. The number of aryl methyl sites for hydroxylation is 1. The van der Waals surface area contributed by atoms with E-state index in [0.717, 1.165) is 36.8 Å². The van der Waals surface area contributed by atoms with Crippen LogP contribution in [0.25, 0.3) is 0 Å². The molecular weight excluding hydrogens is 404 g/mol. The van der Waals surface area contributed by atoms with Gasteiger partial charge in [-0.15, -0.1) is 0 Å². The molecule has 0 saturated heterocycles. The monoisotopic (exact) mass is 432 g/mol. The van der Waals surface area contributed by atoms with E-state index in [1.54, 1.807) is 38.3 Å². The number of ether oxygens (including phenoxy) is 2. The third kappa shape index (κ3) is 5.05. The molecule has 0 unspecified atom stereocenters. The summed E-state index contributed by atoms with van der Waals surface area (Å²) in [5.41, 5.74) is 2.84. The molecule has 0 heterocycles. The molecule has 0 spiro atoms. The average Bonchev–Trinajstić information content (AvgIpc) is 2.72. The molecule has 2 atom stereocenters. The van der Waals surface area contributed by atoms with Crippen LogP contribution in [0.5, 0.6) is 11.5 Å². The van der Waals surface area contributed by atoms with Gasteiger partial charge in [-0.25, -0.2) is 8.42 Å². The van der Waals surface area contributed by atoms with Gasteiger partial charge in [-0.1, -0.05) is 6.07 Å². The SMILES string of the molecule is COc1ccc2c(c1)CCC[C@@H]2NC(=O)[C@@H](C)Oc1ccc(N(C)S(C)(=O)=O)cc1. The number of hydrogen-bond acceptors (Lipinski definition) is 5. The maximum atomic E-state index is 12.7. The van der Waals surface area contributed by atoms with E-state index < -0.39 is 16.1 Å². The Hall–Kier alpha value is -2.74. The number of anilines is 1. The molecule has 30 heavy (non-hydrogen) atoms. The Bertz CT molecular complexity index is 1000. The third-order valence-electron chi connectivity index (χ3n) is 5.36. The maximum Gasteiger partial charge on any atom is 0.261 e. The molecule has 2 aromatic rings. The van der Waals surface area contributed by atoms with E-state index in [0.29, 0.717) is 11.4 Å². The van der Waals surface area contributed by atoms with Crippen molar-refractivity contribution in [3.63, 3.8) is 0 Å². The van der Waals surface area contributed by atoms with E-state index in [1.807, 2.05) is 18.2 Å². The summed E-state index contributed by atoms with van der Waals surface area (Å²) < 4.78 is 35.5. The zero-order chi connectivity index (χ0) is 21.9. The molecule has 162 valence electrons. The zero-order valence-electron chi connectivity index (χ0n) is 17.7. The first-order chi connectivity index (χ1) is 14.2. The summed E-state index contributed by atoms with van der Waals surface area (Å²) in [6.07, 6.45) is 3.30. The molecule has 7 nitrogen and oxygen atoms in total. The number of sulfonamides is 1. The van der Waals surface area contributed by atoms with Crippen molar-refractivity contribution in [3.05, 3.63) is 53.6 Å². The van der Waals surface area contributed by atoms with Gasteiger partial charge < -0.3 is 14.8 Å². The Labute approximate surface area is 178 Å². The second kappa shape index (κ2) is 8.95. The van der Waals surface area contributed by atoms with Crippen LogP contribution in [-0.4, -0.2) is 40.8 Å². The van der Waals surface area contributed by atoms with Gasteiger partial charge in [0.15, 0.2) is 6.10 Å². The Morgan fingerprint density at radius 2 is 1.83 bits per heavy atom. The summed E-state index contributed by atoms with van der Waals surface area (Å²) in [4.78, 5) is 12.7. The normalized spacial score (nSPS) is 16.9. The summed E-state index contributed by atoms with van der Waals surface area (Å²) in [5, 5.41) is 3.09. The van der Waals surface area contributed by atoms with Gasteiger partial charge in [-0.05, 0) is 73.7 Å². The zero-order valence-corrected chi connectivity index (χ0v) is 18.5. The molecule has 0 radical (unpaired) electrons. The molecule has 0 aliphatic heterocycles. The third-order valence-corrected chi connectivity index (χ3v) is 6.57. The Balaban J connectivity index is 1.63. The standard InChI is InChI=1S/C22H28N2O5S/c1-15(29-18-10-8-17(9-11-18)24(2)30(4,26)27)22(25)23-21-7-5-6-16-14-19(28-3)12-13-20(16)21/h8-15,21H,5-7H2,1-4H3,(H,23,25)/t15-,21+/m1/s1. The molecule has 1 N–H and O–H groups in total. The molecule has 0 fully saturated rings. The number of fused-ring (bicyclic) bond motifs is 1. The molecular formula is C22H28N2O5S. The van der Waals surface area contributed by atoms with Crippen LogP contribution in [0.4, 0.5) is 5.69 Å². The van der Waals surface area contributed by atoms with Crippen LogP contribution >= 0.6 is 0 Å². The van der Waals surface area contributed by atoms with Crippen LogP contribution in [-0.2, 0) is 21.2 Å². The molecule has 0 bridgehead atoms. The number of nitrogens with one attached hydrogen (secondary N) is 1. The van der Waals surface area contributed by atoms with Crippen molar-refractivity contribution in [1.82, 2.24) is 5.32 Å². The van der Waals surface area contributed by atoms with Gasteiger partial charge in [-0.2, -0.15) is 0 Å². The van der Waals surface area contributed by atoms with Crippen LogP contribution in [0, 0.1) is 0 Å². The van der Waals surface area contributed by atoms with E-state index in [4.69, 9.17) is 9.47 Å². The van der Waals surface area contributed by atoms with E-state index in [1.165, 1.54) is 16.9 Å². The smallest absolute Gasteiger partial charge is 0.261 e. The lowest BCUT2D eigenvalue weighted by Gasteiger charge is -2.28. The predicted molar refractivity (Wildman–Crippen MR) is 117 cm³/mol. The molecule has 2 aromatic carbocycles. The first-order valence-electron chi connectivity index (χ1n) is 9.87. The van der Waals surface area contributed by atoms with E-state index >= 15 is 0 Å². The van der Waals surface area contributed by atoms with Crippen molar-refractivity contribution in [3.8, 4) is 11.5 Å². The minimum absolute atomic E-state index is 0.0519. The van der Waals surface area contributed by atoms with Gasteiger partial charge >= 0.3 is 0 Å². The molecule has 3 rings (SSSR count). The van der Waals surface area contributed by atoms with Crippen molar-refractivity contribution in [2.45, 2.75) is 38.3 Å². The lowest BCUT2D eigenvalue weighted by Crippen LogP contribution is -2.39. The number of methoxy groups -OCH3 is 1. The maximum absolute atomic E-state index is 12.7. The lowest BCUT2D eigenvalue weighted by atomic mass is 9.87. The van der Waals surface area contributed by atoms with E-state index in [-0.39, 0.29) is 11.9 Å². The van der Waals surface area contributed by atoms with Crippen molar-refractivity contribution >= 4 is 21.6 Å². The predicted octanol–water partition coefficient (Wildman–Crippen LogP) is 3.05. The topological polar surface area (TPSA) is 84.9 Å². The number of rotatable bonds is 7. The molecule has 8 heteroatoms. The van der Waals surface area contributed by atoms with E-state index in [9.17, 15) is 13.2 Å². The van der Waals surface area contributed by atoms with Crippen molar-refractivity contribution in [2.24, 2.45) is 0 Å². The van der Waals surface area contributed by atoms with Crippen LogP contribution in [0.15, 0.2) is 42.5 Å². The quantitative estimate of drug-likeness (QED) is 0.727. The number of nitrogens with zero attached hydrogens (tertiary/aromatic N) is 1. The fourth-order valence-corrected chi connectivity index (χ4v) is 4.05. The lowest BCUT2D eigenvalue weighted by molar-refractivity contribution is -0.128. The van der Waals surface area contributed by atoms with Gasteiger partial charge in [0.05, 0.1) is 25.1 Å². The minimum atomic E-state index is -3.33. The summed E-state index contributed by atoms with van der Waals surface area (Å²) in [6.45, 7) is 1.70. The molecule has 1 aliphatic rings. The Morgan fingerprint density at radius 3 is 2.47 bits per heavy atom. The van der Waals surface area contributed by atoms with Crippen LogP contribution in [0.1, 0.15) is 36.9 Å². The second-order valence-electron chi connectivity index (χ2n) is 7.50. The van der Waals surface area contributed by atoms with Gasteiger partial charge in [0.1, 0.15) is 11.5 Å². The number of benzene rings is 2. The summed E-state index contributed by atoms with van der Waals surface area (Å²) in [6, 6.07) is 12.5. The molecule has 0 aromatic heterocycles. The second-order valence-corrected chi connectivity index (χ2v) is 9.52. The molecule has 1 amide bonds. The fourth-order valence-electron chi connectivity index (χ4n) is 3.54. The highest BCUT2D eigenvalue weighted by atomic mass is 32.2. The van der Waals surface area contributed by atoms with Crippen molar-refractivity contribution in [2.75, 3.05) is 24.7 Å². The average molecular weight is 433 g/mol. The highest BCUT2D eigenvalue weighted by molar-refractivity contribution is 7.92. The fraction of sp³-hybridized carbons (Fsp3) is 0.409. The van der Waals surface area contributed by atoms with Crippen LogP contribution < -0.4 is 19.1 Å². The highest BCUT2D eigenvalue weighted by Gasteiger charge is 2.25. The van der Waals surface area contributed by atoms with Gasteiger partial charge in [-0.3, -0.25) is 9.10 Å². The number of amides is 1. The van der Waals surface area contributed by atoms with Crippen molar-refractivity contribution in [1.29, 1.82) is 0 Å². The largest absolute Gasteiger partial charge is 0.497 e. The van der Waals surface area contributed by atoms with Crippen molar-refractivity contribution < 1.29 is 22.7 Å². The Morgan fingerprint density at radius 1 is 1.17 bits per heavy atom. The molecule has 0 saturated carbocycles. The van der Waals surface area contributed by atoms with Crippen LogP contribution in [0.2, 0.25) is 0 Å². The number of carbonyl (C=O) groups is 1. The molecule has 1 aliphatic carbocycles. The van der Waals surface area contributed by atoms with Crippen LogP contribution in [0.3, 0.4) is 0 Å². The number of carbonyl (C=O) groups excluding carboxylic acids is 1. The van der Waals surface area contributed by atoms with Gasteiger partial charge in [0.25, 0.3) is 5.91 Å². The first kappa shape index (κ1) is 22.0. The van der Waals surface area contributed by atoms with E-state index in [2.05, 4.69) is 5.32 Å². The minimum Gasteiger partial charge on any atom is -0.497 e. The summed E-state index contributed by atoms with van der Waals surface area (Å²) in [7, 11) is -0.198. The number of hydrogen-bond donors (Lipinski definition) is 1.